The molecule has 2 N–H and O–H groups in total. The van der Waals surface area contributed by atoms with Gasteiger partial charge in [-0.15, -0.1) is 0 Å². The SMILES string of the molecule is Cc1ncc(-c2ccc(NC(=O)C3CC3)cc2)[nH]1. The lowest BCUT2D eigenvalue weighted by Crippen LogP contribution is -2.12. The van der Waals surface area contributed by atoms with Crippen molar-refractivity contribution in [3.63, 3.8) is 0 Å². The van der Waals surface area contributed by atoms with Crippen LogP contribution in [0.25, 0.3) is 11.3 Å². The molecule has 1 saturated carbocycles. The van der Waals surface area contributed by atoms with Crippen molar-refractivity contribution in [1.29, 1.82) is 0 Å². The van der Waals surface area contributed by atoms with Crippen LogP contribution >= 0.6 is 0 Å². The van der Waals surface area contributed by atoms with E-state index >= 15 is 0 Å². The van der Waals surface area contributed by atoms with Crippen molar-refractivity contribution in [3.8, 4) is 11.3 Å². The lowest BCUT2D eigenvalue weighted by molar-refractivity contribution is -0.117. The van der Waals surface area contributed by atoms with Crippen LogP contribution in [0, 0.1) is 12.8 Å². The summed E-state index contributed by atoms with van der Waals surface area (Å²) in [6.07, 6.45) is 3.86. The number of H-pyrrole nitrogens is 1. The Morgan fingerprint density at radius 1 is 1.33 bits per heavy atom. The summed E-state index contributed by atoms with van der Waals surface area (Å²) in [5.74, 6) is 1.27. The van der Waals surface area contributed by atoms with Crippen LogP contribution in [-0.4, -0.2) is 15.9 Å². The van der Waals surface area contributed by atoms with Gasteiger partial charge in [0.1, 0.15) is 5.82 Å². The molecule has 1 aliphatic carbocycles. The molecule has 4 nitrogen and oxygen atoms in total. The molecule has 1 heterocycles. The van der Waals surface area contributed by atoms with Crippen molar-refractivity contribution < 1.29 is 4.79 Å². The Morgan fingerprint density at radius 3 is 2.61 bits per heavy atom. The molecule has 1 aromatic heterocycles. The number of carbonyl (C=O) groups excluding carboxylic acids is 1. The topological polar surface area (TPSA) is 57.8 Å². The van der Waals surface area contributed by atoms with E-state index in [1.807, 2.05) is 37.4 Å². The minimum absolute atomic E-state index is 0.139. The van der Waals surface area contributed by atoms with Crippen LogP contribution in [0.4, 0.5) is 5.69 Å². The molecule has 2 aromatic rings. The summed E-state index contributed by atoms with van der Waals surface area (Å²) in [5, 5.41) is 2.92. The molecule has 0 unspecified atom stereocenters. The van der Waals surface area contributed by atoms with E-state index in [2.05, 4.69) is 15.3 Å². The summed E-state index contributed by atoms with van der Waals surface area (Å²) in [7, 11) is 0. The molecule has 1 aromatic carbocycles. The monoisotopic (exact) mass is 241 g/mol. The lowest BCUT2D eigenvalue weighted by atomic mass is 10.1. The van der Waals surface area contributed by atoms with Gasteiger partial charge in [0.25, 0.3) is 0 Å². The van der Waals surface area contributed by atoms with Crippen LogP contribution in [0.15, 0.2) is 30.5 Å². The Kier molecular flexibility index (Phi) is 2.63. The van der Waals surface area contributed by atoms with Gasteiger partial charge in [-0.3, -0.25) is 4.79 Å². The fraction of sp³-hybridized carbons (Fsp3) is 0.286. The van der Waals surface area contributed by atoms with E-state index in [-0.39, 0.29) is 11.8 Å². The predicted molar refractivity (Wildman–Crippen MR) is 70.1 cm³/mol. The molecule has 0 aliphatic heterocycles. The number of hydrogen-bond acceptors (Lipinski definition) is 2. The molecule has 0 atom stereocenters. The first-order valence-corrected chi connectivity index (χ1v) is 6.15. The molecular weight excluding hydrogens is 226 g/mol. The summed E-state index contributed by atoms with van der Waals surface area (Å²) in [6.45, 7) is 1.92. The molecule has 18 heavy (non-hydrogen) atoms. The quantitative estimate of drug-likeness (QED) is 0.868. The van der Waals surface area contributed by atoms with Gasteiger partial charge in [-0.1, -0.05) is 12.1 Å². The van der Waals surface area contributed by atoms with Crippen LogP contribution in [0.5, 0.6) is 0 Å². The van der Waals surface area contributed by atoms with Crippen LogP contribution < -0.4 is 5.32 Å². The van der Waals surface area contributed by atoms with Gasteiger partial charge in [0.05, 0.1) is 11.9 Å². The van der Waals surface area contributed by atoms with Crippen molar-refractivity contribution in [2.24, 2.45) is 5.92 Å². The maximum atomic E-state index is 11.6. The number of benzene rings is 1. The Hall–Kier alpha value is -2.10. The largest absolute Gasteiger partial charge is 0.342 e. The molecule has 3 rings (SSSR count). The molecule has 0 spiro atoms. The molecule has 0 bridgehead atoms. The second-order valence-corrected chi connectivity index (χ2v) is 4.72. The van der Waals surface area contributed by atoms with Crippen LogP contribution in [0.1, 0.15) is 18.7 Å². The number of rotatable bonds is 3. The summed E-state index contributed by atoms with van der Waals surface area (Å²) in [5.41, 5.74) is 2.92. The van der Waals surface area contributed by atoms with Crippen molar-refractivity contribution in [3.05, 3.63) is 36.3 Å². The van der Waals surface area contributed by atoms with E-state index in [4.69, 9.17) is 0 Å². The molecule has 0 radical (unpaired) electrons. The molecule has 1 fully saturated rings. The molecule has 1 amide bonds. The molecule has 92 valence electrons. The summed E-state index contributed by atoms with van der Waals surface area (Å²) < 4.78 is 0. The number of aromatic amines is 1. The normalized spacial score (nSPS) is 14.5. The Balaban J connectivity index is 1.74. The average Bonchev–Trinajstić information content (AvgIpc) is 3.13. The number of nitrogens with one attached hydrogen (secondary N) is 2. The second kappa shape index (κ2) is 4.29. The van der Waals surface area contributed by atoms with Crippen molar-refractivity contribution in [2.75, 3.05) is 5.32 Å². The van der Waals surface area contributed by atoms with E-state index in [1.165, 1.54) is 0 Å². The Labute approximate surface area is 105 Å². The van der Waals surface area contributed by atoms with E-state index in [1.54, 1.807) is 0 Å². The van der Waals surface area contributed by atoms with Gasteiger partial charge in [-0.2, -0.15) is 0 Å². The first kappa shape index (κ1) is 11.0. The van der Waals surface area contributed by atoms with Gasteiger partial charge in [0.15, 0.2) is 0 Å². The highest BCUT2D eigenvalue weighted by molar-refractivity contribution is 5.94. The molecule has 4 heteroatoms. The van der Waals surface area contributed by atoms with Crippen LogP contribution in [0.3, 0.4) is 0 Å². The van der Waals surface area contributed by atoms with Crippen LogP contribution in [0.2, 0.25) is 0 Å². The van der Waals surface area contributed by atoms with Gasteiger partial charge in [-0.05, 0) is 37.5 Å². The van der Waals surface area contributed by atoms with E-state index in [9.17, 15) is 4.79 Å². The number of aryl methyl sites for hydroxylation is 1. The third-order valence-electron chi connectivity index (χ3n) is 3.11. The first-order chi connectivity index (χ1) is 8.72. The average molecular weight is 241 g/mol. The number of nitrogens with zero attached hydrogens (tertiary/aromatic N) is 1. The van der Waals surface area contributed by atoms with Gasteiger partial charge in [0, 0.05) is 11.6 Å². The molecular formula is C14H15N3O. The standard InChI is InChI=1S/C14H15N3O/c1-9-15-8-13(16-9)10-4-6-12(7-5-10)17-14(18)11-2-3-11/h4-8,11H,2-3H2,1H3,(H,15,16)(H,17,18). The maximum absolute atomic E-state index is 11.6. The number of imidazole rings is 1. The molecule has 0 saturated heterocycles. The Morgan fingerprint density at radius 2 is 2.06 bits per heavy atom. The highest BCUT2D eigenvalue weighted by Gasteiger charge is 2.29. The number of anilines is 1. The van der Waals surface area contributed by atoms with Gasteiger partial charge < -0.3 is 10.3 Å². The zero-order chi connectivity index (χ0) is 12.5. The van der Waals surface area contributed by atoms with E-state index < -0.39 is 0 Å². The number of aromatic nitrogens is 2. The highest BCUT2D eigenvalue weighted by atomic mass is 16.2. The third-order valence-corrected chi connectivity index (χ3v) is 3.11. The number of amides is 1. The minimum atomic E-state index is 0.139. The van der Waals surface area contributed by atoms with Gasteiger partial charge in [0.2, 0.25) is 5.91 Å². The number of hydrogen-bond donors (Lipinski definition) is 2. The summed E-state index contributed by atoms with van der Waals surface area (Å²) >= 11 is 0. The zero-order valence-electron chi connectivity index (χ0n) is 10.2. The van der Waals surface area contributed by atoms with Crippen molar-refractivity contribution >= 4 is 11.6 Å². The zero-order valence-corrected chi connectivity index (χ0v) is 10.2. The smallest absolute Gasteiger partial charge is 0.227 e. The first-order valence-electron chi connectivity index (χ1n) is 6.15. The fourth-order valence-electron chi connectivity index (χ4n) is 1.89. The lowest BCUT2D eigenvalue weighted by Gasteiger charge is -2.04. The molecule has 1 aliphatic rings. The minimum Gasteiger partial charge on any atom is -0.342 e. The summed E-state index contributed by atoms with van der Waals surface area (Å²) in [4.78, 5) is 19.0. The van der Waals surface area contributed by atoms with E-state index in [0.717, 1.165) is 35.6 Å². The third kappa shape index (κ3) is 2.27. The van der Waals surface area contributed by atoms with Crippen LogP contribution in [-0.2, 0) is 4.79 Å². The van der Waals surface area contributed by atoms with Gasteiger partial charge in [-0.25, -0.2) is 4.98 Å². The number of carbonyl (C=O) groups is 1. The summed E-state index contributed by atoms with van der Waals surface area (Å²) in [6, 6.07) is 7.81. The predicted octanol–water partition coefficient (Wildman–Crippen LogP) is 2.73. The second-order valence-electron chi connectivity index (χ2n) is 4.72. The van der Waals surface area contributed by atoms with Gasteiger partial charge >= 0.3 is 0 Å². The fourth-order valence-corrected chi connectivity index (χ4v) is 1.89. The Bertz CT molecular complexity index is 567. The van der Waals surface area contributed by atoms with E-state index in [0.29, 0.717) is 0 Å². The van der Waals surface area contributed by atoms with Crippen molar-refractivity contribution in [2.45, 2.75) is 19.8 Å². The van der Waals surface area contributed by atoms with Crippen molar-refractivity contribution in [1.82, 2.24) is 9.97 Å². The maximum Gasteiger partial charge on any atom is 0.227 e. The highest BCUT2D eigenvalue weighted by Crippen LogP contribution is 2.30.